The first-order chi connectivity index (χ1) is 10.7. The van der Waals surface area contributed by atoms with Crippen LogP contribution in [0.4, 0.5) is 0 Å². The zero-order valence-electron chi connectivity index (χ0n) is 12.2. The molecule has 0 atom stereocenters. The summed E-state index contributed by atoms with van der Waals surface area (Å²) in [6, 6.07) is 14.5. The summed E-state index contributed by atoms with van der Waals surface area (Å²) in [5.74, 6) is 0.202. The van der Waals surface area contributed by atoms with E-state index >= 15 is 0 Å². The Hall–Kier alpha value is -2.75. The van der Waals surface area contributed by atoms with Gasteiger partial charge in [0.25, 0.3) is 0 Å². The Morgan fingerprint density at radius 2 is 1.95 bits per heavy atom. The molecular formula is C18H16O4. The number of furan rings is 1. The van der Waals surface area contributed by atoms with E-state index in [0.29, 0.717) is 28.7 Å². The molecule has 0 unspecified atom stereocenters. The van der Waals surface area contributed by atoms with Crippen molar-refractivity contribution in [1.82, 2.24) is 0 Å². The van der Waals surface area contributed by atoms with Crippen LogP contribution < -0.4 is 0 Å². The van der Waals surface area contributed by atoms with Crippen LogP contribution in [0, 0.1) is 0 Å². The van der Waals surface area contributed by atoms with Gasteiger partial charge >= 0.3 is 5.97 Å². The van der Waals surface area contributed by atoms with Gasteiger partial charge in [-0.25, -0.2) is 4.79 Å². The highest BCUT2D eigenvalue weighted by molar-refractivity contribution is 6.05. The molecule has 1 N–H and O–H groups in total. The summed E-state index contributed by atoms with van der Waals surface area (Å²) in [4.78, 5) is 12.3. The lowest BCUT2D eigenvalue weighted by molar-refractivity contribution is 0.0526. The number of carbonyl (C=O) groups is 1. The lowest BCUT2D eigenvalue weighted by Gasteiger charge is -2.03. The number of phenolic OH excluding ortho intramolecular Hbond substituents is 1. The molecule has 0 saturated carbocycles. The number of hydrogen-bond donors (Lipinski definition) is 1. The smallest absolute Gasteiger partial charge is 0.342 e. The second-order valence-electron chi connectivity index (χ2n) is 4.96. The molecule has 3 aromatic rings. The maximum atomic E-state index is 12.3. The summed E-state index contributed by atoms with van der Waals surface area (Å²) in [7, 11) is 0. The van der Waals surface area contributed by atoms with Crippen LogP contribution in [0.1, 0.15) is 28.6 Å². The van der Waals surface area contributed by atoms with Crippen molar-refractivity contribution < 1.29 is 19.1 Å². The summed E-state index contributed by atoms with van der Waals surface area (Å²) >= 11 is 0. The molecule has 3 rings (SSSR count). The molecule has 112 valence electrons. The average Bonchev–Trinajstić information content (AvgIpc) is 2.85. The Kier molecular flexibility index (Phi) is 3.83. The number of fused-ring (bicyclic) bond motifs is 1. The quantitative estimate of drug-likeness (QED) is 0.742. The predicted molar refractivity (Wildman–Crippen MR) is 83.1 cm³/mol. The van der Waals surface area contributed by atoms with E-state index < -0.39 is 5.97 Å². The van der Waals surface area contributed by atoms with Gasteiger partial charge in [0, 0.05) is 11.8 Å². The van der Waals surface area contributed by atoms with E-state index in [0.717, 1.165) is 5.56 Å². The van der Waals surface area contributed by atoms with E-state index in [9.17, 15) is 9.90 Å². The van der Waals surface area contributed by atoms with Crippen molar-refractivity contribution in [3.05, 3.63) is 65.4 Å². The normalized spacial score (nSPS) is 10.8. The molecule has 4 heteroatoms. The molecule has 0 spiro atoms. The predicted octanol–water partition coefficient (Wildman–Crippen LogP) is 3.91. The van der Waals surface area contributed by atoms with Crippen LogP contribution in [-0.4, -0.2) is 17.7 Å². The number of benzene rings is 2. The molecule has 0 aliphatic heterocycles. The van der Waals surface area contributed by atoms with E-state index in [4.69, 9.17) is 9.15 Å². The zero-order valence-corrected chi connectivity index (χ0v) is 12.2. The van der Waals surface area contributed by atoms with Crippen LogP contribution in [0.15, 0.2) is 52.9 Å². The van der Waals surface area contributed by atoms with E-state index in [-0.39, 0.29) is 12.4 Å². The van der Waals surface area contributed by atoms with Crippen molar-refractivity contribution in [3.63, 3.8) is 0 Å². The molecule has 0 bridgehead atoms. The first-order valence-electron chi connectivity index (χ1n) is 7.14. The number of aromatic hydroxyl groups is 1. The molecule has 0 fully saturated rings. The third-order valence-corrected chi connectivity index (χ3v) is 3.43. The van der Waals surface area contributed by atoms with E-state index in [2.05, 4.69) is 0 Å². The molecule has 22 heavy (non-hydrogen) atoms. The summed E-state index contributed by atoms with van der Waals surface area (Å²) in [6.45, 7) is 2.05. The monoisotopic (exact) mass is 296 g/mol. The molecule has 0 aliphatic rings. The maximum Gasteiger partial charge on any atom is 0.342 e. The van der Waals surface area contributed by atoms with Crippen molar-refractivity contribution in [1.29, 1.82) is 0 Å². The fraction of sp³-hybridized carbons (Fsp3) is 0.167. The Balaban J connectivity index is 2.11. The molecule has 2 aromatic carbocycles. The molecule has 1 aromatic heterocycles. The first kappa shape index (κ1) is 14.2. The van der Waals surface area contributed by atoms with Crippen molar-refractivity contribution >= 4 is 16.9 Å². The molecule has 1 heterocycles. The minimum Gasteiger partial charge on any atom is -0.508 e. The van der Waals surface area contributed by atoms with Crippen molar-refractivity contribution in [2.45, 2.75) is 13.3 Å². The fourth-order valence-corrected chi connectivity index (χ4v) is 2.47. The number of esters is 1. The summed E-state index contributed by atoms with van der Waals surface area (Å²) in [5, 5.41) is 10.2. The molecular weight excluding hydrogens is 280 g/mol. The van der Waals surface area contributed by atoms with Gasteiger partial charge in [-0.1, -0.05) is 30.3 Å². The minimum absolute atomic E-state index is 0.0881. The lowest BCUT2D eigenvalue weighted by atomic mass is 10.0. The SMILES string of the molecule is CCOC(=O)c1c(Cc2ccccc2)oc2ccc(O)cc12. The van der Waals surface area contributed by atoms with Crippen LogP contribution in [0.25, 0.3) is 11.0 Å². The standard InChI is InChI=1S/C18H16O4/c1-2-21-18(20)17-14-11-13(19)8-9-15(14)22-16(17)10-12-6-4-3-5-7-12/h3-9,11,19H,2,10H2,1H3. The number of hydrogen-bond acceptors (Lipinski definition) is 4. The van der Waals surface area contributed by atoms with Gasteiger partial charge in [-0.2, -0.15) is 0 Å². The second kappa shape index (κ2) is 5.93. The third kappa shape index (κ3) is 2.68. The summed E-state index contributed by atoms with van der Waals surface area (Å²) in [6.07, 6.45) is 0.491. The van der Waals surface area contributed by atoms with Gasteiger partial charge in [0.2, 0.25) is 0 Å². The van der Waals surface area contributed by atoms with E-state index in [1.807, 2.05) is 30.3 Å². The highest BCUT2D eigenvalue weighted by atomic mass is 16.5. The highest BCUT2D eigenvalue weighted by Crippen LogP contribution is 2.31. The molecule has 0 radical (unpaired) electrons. The lowest BCUT2D eigenvalue weighted by Crippen LogP contribution is -2.07. The van der Waals surface area contributed by atoms with Gasteiger partial charge in [-0.3, -0.25) is 0 Å². The van der Waals surface area contributed by atoms with E-state index in [1.54, 1.807) is 13.0 Å². The van der Waals surface area contributed by atoms with Gasteiger partial charge in [0.15, 0.2) is 0 Å². The van der Waals surface area contributed by atoms with Crippen molar-refractivity contribution in [3.8, 4) is 5.75 Å². The largest absolute Gasteiger partial charge is 0.508 e. The third-order valence-electron chi connectivity index (χ3n) is 3.43. The van der Waals surface area contributed by atoms with Crippen LogP contribution in [-0.2, 0) is 11.2 Å². The Morgan fingerprint density at radius 1 is 1.18 bits per heavy atom. The van der Waals surface area contributed by atoms with Crippen LogP contribution in [0.2, 0.25) is 0 Å². The van der Waals surface area contributed by atoms with Crippen molar-refractivity contribution in [2.24, 2.45) is 0 Å². The summed E-state index contributed by atoms with van der Waals surface area (Å²) < 4.78 is 10.9. The molecule has 0 amide bonds. The Bertz CT molecular complexity index is 803. The van der Waals surface area contributed by atoms with Gasteiger partial charge in [-0.05, 0) is 30.7 Å². The fourth-order valence-electron chi connectivity index (χ4n) is 2.47. The second-order valence-corrected chi connectivity index (χ2v) is 4.96. The Labute approximate surface area is 127 Å². The molecule has 0 aliphatic carbocycles. The minimum atomic E-state index is -0.433. The number of rotatable bonds is 4. The highest BCUT2D eigenvalue weighted by Gasteiger charge is 2.22. The maximum absolute atomic E-state index is 12.3. The van der Waals surface area contributed by atoms with Crippen molar-refractivity contribution in [2.75, 3.05) is 6.61 Å². The molecule has 0 saturated heterocycles. The van der Waals surface area contributed by atoms with E-state index in [1.165, 1.54) is 12.1 Å². The van der Waals surface area contributed by atoms with Crippen LogP contribution in [0.3, 0.4) is 0 Å². The number of phenols is 1. The van der Waals surface area contributed by atoms with Crippen LogP contribution in [0.5, 0.6) is 5.75 Å². The van der Waals surface area contributed by atoms with Gasteiger partial charge in [-0.15, -0.1) is 0 Å². The average molecular weight is 296 g/mol. The zero-order chi connectivity index (χ0) is 15.5. The van der Waals surface area contributed by atoms with Crippen LogP contribution >= 0.6 is 0 Å². The number of carbonyl (C=O) groups excluding carboxylic acids is 1. The Morgan fingerprint density at radius 3 is 2.68 bits per heavy atom. The number of ether oxygens (including phenoxy) is 1. The molecule has 4 nitrogen and oxygen atoms in total. The topological polar surface area (TPSA) is 59.7 Å². The first-order valence-corrected chi connectivity index (χ1v) is 7.14. The van der Waals surface area contributed by atoms with Gasteiger partial charge < -0.3 is 14.3 Å². The summed E-state index contributed by atoms with van der Waals surface area (Å²) in [5.41, 5.74) is 1.99. The van der Waals surface area contributed by atoms with Gasteiger partial charge in [0.05, 0.1) is 6.61 Å². The van der Waals surface area contributed by atoms with Gasteiger partial charge in [0.1, 0.15) is 22.7 Å².